The van der Waals surface area contributed by atoms with Crippen LogP contribution in [0.5, 0.6) is 17.2 Å². The molecule has 9 atom stereocenters. The number of likely N-dealkylation sites (tertiary alicyclic amines) is 1. The fraction of sp³-hybridized carbons (Fsp3) is 0.618. The lowest BCUT2D eigenvalue weighted by atomic mass is 9.78. The number of allylic oxidation sites excluding steroid dienone is 2. The van der Waals surface area contributed by atoms with Crippen LogP contribution in [0.3, 0.4) is 0 Å². The molecule has 18 heteroatoms. The van der Waals surface area contributed by atoms with E-state index in [2.05, 4.69) is 39.4 Å². The molecule has 1 spiro atoms. The zero-order valence-electron chi connectivity index (χ0n) is 44.1. The molecule has 396 valence electrons. The summed E-state index contributed by atoms with van der Waals surface area (Å²) in [6.45, 7) is 18.1. The molecular formula is C55H75N7O11. The molecule has 0 radical (unpaired) electrons. The number of ketones is 1. The summed E-state index contributed by atoms with van der Waals surface area (Å²) in [6.07, 6.45) is 13.3. The summed E-state index contributed by atoms with van der Waals surface area (Å²) < 4.78 is 26.3. The second kappa shape index (κ2) is 21.6. The molecule has 2 fully saturated rings. The molecule has 5 N–H and O–H groups in total. The second-order valence-corrected chi connectivity index (χ2v) is 22.0. The number of rotatable bonds is 8. The topological polar surface area (TPSA) is 240 Å². The van der Waals surface area contributed by atoms with Gasteiger partial charge in [0, 0.05) is 92.9 Å². The summed E-state index contributed by atoms with van der Waals surface area (Å²) in [7, 11) is 1.48. The van der Waals surface area contributed by atoms with Gasteiger partial charge in [0.05, 0.1) is 46.9 Å². The lowest BCUT2D eigenvalue weighted by Crippen LogP contribution is -2.47. The predicted octanol–water partition coefficient (Wildman–Crippen LogP) is 6.14. The van der Waals surface area contributed by atoms with E-state index in [1.807, 2.05) is 6.92 Å². The molecule has 5 aliphatic heterocycles. The van der Waals surface area contributed by atoms with Crippen molar-refractivity contribution in [1.82, 2.24) is 19.9 Å². The fourth-order valence-corrected chi connectivity index (χ4v) is 11.6. The molecule has 1 aromatic heterocycles. The Bertz CT molecular complexity index is 2810. The number of phenolic OH excluding ortho intramolecular Hbond substituents is 2. The number of phenols is 2. The Morgan fingerprint density at radius 1 is 0.945 bits per heavy atom. The van der Waals surface area contributed by atoms with Gasteiger partial charge in [0.2, 0.25) is 0 Å². The van der Waals surface area contributed by atoms with E-state index in [9.17, 15) is 34.8 Å². The molecule has 18 nitrogen and oxygen atoms in total. The normalized spacial score (nSPS) is 30.8. The van der Waals surface area contributed by atoms with Gasteiger partial charge in [-0.25, -0.2) is 9.67 Å². The highest BCUT2D eigenvalue weighted by Gasteiger charge is 2.51. The van der Waals surface area contributed by atoms with Crippen molar-refractivity contribution in [3.05, 3.63) is 69.9 Å². The van der Waals surface area contributed by atoms with Gasteiger partial charge in [-0.05, 0) is 38.2 Å². The average molecular weight is 1010 g/mol. The highest BCUT2D eigenvalue weighted by atomic mass is 16.7. The maximum Gasteiger partial charge on any atom is 0.328 e. The molecular weight excluding hydrogens is 935 g/mol. The summed E-state index contributed by atoms with van der Waals surface area (Å²) in [4.78, 5) is 54.8. The van der Waals surface area contributed by atoms with Crippen molar-refractivity contribution in [2.45, 2.75) is 156 Å². The van der Waals surface area contributed by atoms with Gasteiger partial charge >= 0.3 is 11.8 Å². The smallest absolute Gasteiger partial charge is 0.328 e. The van der Waals surface area contributed by atoms with Crippen LogP contribution >= 0.6 is 0 Å². The summed E-state index contributed by atoms with van der Waals surface area (Å²) in [5.74, 6) is -6.43. The van der Waals surface area contributed by atoms with E-state index in [1.165, 1.54) is 44.2 Å². The third kappa shape index (κ3) is 10.8. The van der Waals surface area contributed by atoms with Crippen LogP contribution in [-0.2, 0) is 36.8 Å². The highest BCUT2D eigenvalue weighted by Crippen LogP contribution is 2.51. The van der Waals surface area contributed by atoms with Crippen molar-refractivity contribution in [2.24, 2.45) is 45.5 Å². The van der Waals surface area contributed by atoms with Crippen LogP contribution < -0.4 is 20.8 Å². The van der Waals surface area contributed by atoms with Crippen molar-refractivity contribution in [2.75, 3.05) is 32.1 Å². The zero-order valence-corrected chi connectivity index (χ0v) is 44.1. The van der Waals surface area contributed by atoms with Crippen molar-refractivity contribution >= 4 is 34.1 Å². The number of benzene rings is 2. The van der Waals surface area contributed by atoms with Crippen molar-refractivity contribution in [3.63, 3.8) is 0 Å². The van der Waals surface area contributed by atoms with Crippen molar-refractivity contribution in [3.8, 4) is 17.2 Å². The van der Waals surface area contributed by atoms with E-state index < -0.39 is 82.9 Å². The molecule has 73 heavy (non-hydrogen) atoms. The SMILES string of the molecule is CO[C@H]1/C=C/O[C@@]2(C)Oc3c(C)c(O)c4c(O)c(c5c(c4c3C2=O)NC2(CCN(CC(C)C)CC2)N=5)=NC(=O)/C(C)=C\C=C\[C@H](C)[C@H](O)[C@@H](C)[C@@H](O)[C@@H](C)[C@H](OC(=O)Cn2cc(CC3CCCCC3)nn2)[C@@H]1C. The van der Waals surface area contributed by atoms with E-state index in [4.69, 9.17) is 23.9 Å². The zero-order chi connectivity index (χ0) is 52.7. The molecule has 2 aromatic carbocycles. The van der Waals surface area contributed by atoms with Crippen LogP contribution in [0.1, 0.15) is 122 Å². The number of hydrogen-bond donors (Lipinski definition) is 5. The fourth-order valence-electron chi connectivity index (χ4n) is 11.6. The number of carbonyl (C=O) groups is 3. The van der Waals surface area contributed by atoms with E-state index in [1.54, 1.807) is 65.1 Å². The maximum absolute atomic E-state index is 15.0. The van der Waals surface area contributed by atoms with E-state index in [0.29, 0.717) is 43.5 Å². The number of hydrogen-bond acceptors (Lipinski definition) is 16. The maximum atomic E-state index is 15.0. The van der Waals surface area contributed by atoms with Gasteiger partial charge in [-0.2, -0.15) is 0 Å². The first-order chi connectivity index (χ1) is 34.7. The minimum Gasteiger partial charge on any atom is -0.507 e. The van der Waals surface area contributed by atoms with Crippen LogP contribution in [0.4, 0.5) is 5.69 Å². The molecule has 0 unspecified atom stereocenters. The number of amides is 1. The third-order valence-electron chi connectivity index (χ3n) is 16.0. The standard InChI is InChI=1S/C55H75N7O11/c1-29(2)26-61-22-20-55(21-23-61)57-43-40-41-48(66)35(8)51-42(40)52(68)54(9,73-51)71-24-19-38(70-10)32(5)50(72-39(63)28-62-27-37(59-60-62)25-36-17-12-11-13-18-36)34(7)47(65)33(6)46(64)30(3)15-14-16-31(4)53(69)56-45(49(41)67)44(43)58-55/h14-16,19,24,27,29-30,32-34,36,38,46-47,50,57,64-67H,11-13,17-18,20-23,25-26,28H2,1-10H3/b15-14+,24-19+,31-16-,56-45?/t30-,32+,33+,34+,38-,46-,47+,50+,54-/m0/s1. The van der Waals surface area contributed by atoms with E-state index >= 15 is 0 Å². The first-order valence-corrected chi connectivity index (χ1v) is 26.1. The molecule has 1 amide bonds. The molecule has 6 heterocycles. The predicted molar refractivity (Wildman–Crippen MR) is 272 cm³/mol. The summed E-state index contributed by atoms with van der Waals surface area (Å²) in [5, 5.41) is 60.1. The second-order valence-electron chi connectivity index (χ2n) is 22.0. The number of carbonyl (C=O) groups excluding carboxylic acids is 3. The lowest BCUT2D eigenvalue weighted by molar-refractivity contribution is -0.164. The van der Waals surface area contributed by atoms with Gasteiger partial charge in [0.25, 0.3) is 11.7 Å². The number of piperidine rings is 1. The van der Waals surface area contributed by atoms with Gasteiger partial charge in [-0.15, -0.1) is 5.10 Å². The number of Topliss-reactive ketones (excluding diaryl/α,β-unsaturated/α-hetero) is 1. The van der Waals surface area contributed by atoms with E-state index in [-0.39, 0.29) is 56.2 Å². The molecule has 1 saturated carbocycles. The highest BCUT2D eigenvalue weighted by molar-refractivity contribution is 6.21. The van der Waals surface area contributed by atoms with Crippen LogP contribution in [0.25, 0.3) is 10.8 Å². The Morgan fingerprint density at radius 2 is 1.66 bits per heavy atom. The number of methoxy groups -OCH3 is 1. The Labute approximate surface area is 427 Å². The number of ether oxygens (including phenoxy) is 4. The molecule has 6 aliphatic rings. The number of anilines is 1. The Hall–Kier alpha value is -5.69. The number of aliphatic hydroxyl groups is 2. The number of nitrogens with one attached hydrogen (secondary N) is 1. The summed E-state index contributed by atoms with van der Waals surface area (Å²) in [5.41, 5.74) is 0.652. The van der Waals surface area contributed by atoms with Gasteiger partial charge < -0.3 is 49.6 Å². The van der Waals surface area contributed by atoms with Gasteiger partial charge in [-0.1, -0.05) is 97.1 Å². The number of aromatic nitrogens is 3. The minimum atomic E-state index is -1.99. The first-order valence-electron chi connectivity index (χ1n) is 26.1. The Kier molecular flexibility index (Phi) is 15.9. The van der Waals surface area contributed by atoms with Crippen LogP contribution in [0, 0.1) is 42.4 Å². The van der Waals surface area contributed by atoms with Crippen LogP contribution in [0.15, 0.2) is 52.3 Å². The van der Waals surface area contributed by atoms with Crippen LogP contribution in [0.2, 0.25) is 0 Å². The lowest BCUT2D eigenvalue weighted by Gasteiger charge is -2.38. The number of aromatic hydroxyl groups is 2. The minimum absolute atomic E-state index is 0.0451. The van der Waals surface area contributed by atoms with Crippen molar-refractivity contribution < 1.29 is 53.8 Å². The van der Waals surface area contributed by atoms with Crippen LogP contribution in [-0.4, -0.2) is 121 Å². The number of aliphatic hydroxyl groups excluding tert-OH is 2. The Morgan fingerprint density at radius 3 is 2.34 bits per heavy atom. The quantitative estimate of drug-likeness (QED) is 0.126. The van der Waals surface area contributed by atoms with Crippen molar-refractivity contribution in [1.29, 1.82) is 0 Å². The summed E-state index contributed by atoms with van der Waals surface area (Å²) in [6, 6.07) is 0. The average Bonchev–Trinajstić information content (AvgIpc) is 4.04. The molecule has 1 aliphatic carbocycles. The summed E-state index contributed by atoms with van der Waals surface area (Å²) >= 11 is 0. The van der Waals surface area contributed by atoms with E-state index in [0.717, 1.165) is 31.5 Å². The third-order valence-corrected chi connectivity index (χ3v) is 16.0. The number of esters is 1. The number of fused-ring (bicyclic) bond motifs is 13. The molecule has 5 bridgehead atoms. The van der Waals surface area contributed by atoms with Gasteiger partial charge in [-0.3, -0.25) is 19.4 Å². The largest absolute Gasteiger partial charge is 0.507 e. The number of nitrogens with zero attached hydrogens (tertiary/aromatic N) is 6. The molecule has 9 rings (SSSR count). The first kappa shape index (κ1) is 53.6. The monoisotopic (exact) mass is 1010 g/mol. The van der Waals surface area contributed by atoms with Gasteiger partial charge in [0.15, 0.2) is 5.75 Å². The molecule has 1 saturated heterocycles. The Balaban J connectivity index is 1.18. The van der Waals surface area contributed by atoms with Gasteiger partial charge in [0.1, 0.15) is 40.5 Å². The molecule has 3 aromatic rings.